The number of methoxy groups -OCH3 is 1. The van der Waals surface area contributed by atoms with Crippen molar-refractivity contribution in [2.24, 2.45) is 0 Å². The van der Waals surface area contributed by atoms with E-state index in [0.717, 1.165) is 0 Å². The minimum absolute atomic E-state index is 0.0367. The number of carbonyl (C=O) groups excluding carboxylic acids is 1. The average Bonchev–Trinajstić information content (AvgIpc) is 2.26. The molecule has 0 aromatic heterocycles. The first-order valence-electron chi connectivity index (χ1n) is 4.61. The second-order valence-corrected chi connectivity index (χ2v) is 6.15. The summed E-state index contributed by atoms with van der Waals surface area (Å²) in [4.78, 5) is 10.6. The van der Waals surface area contributed by atoms with Gasteiger partial charge in [-0.15, -0.1) is 0 Å². The molecule has 0 aliphatic heterocycles. The molecule has 0 radical (unpaired) electrons. The first kappa shape index (κ1) is 14.3. The highest BCUT2D eigenvalue weighted by Gasteiger charge is 2.20. The van der Waals surface area contributed by atoms with Gasteiger partial charge in [0.1, 0.15) is 10.6 Å². The van der Waals surface area contributed by atoms with Gasteiger partial charge >= 0.3 is 0 Å². The highest BCUT2D eigenvalue weighted by Crippen LogP contribution is 2.28. The monoisotopic (exact) mass is 296 g/mol. The van der Waals surface area contributed by atoms with Gasteiger partial charge in [-0.05, 0) is 29.8 Å². The summed E-state index contributed by atoms with van der Waals surface area (Å²) in [6.07, 6.45) is -0.250. The van der Waals surface area contributed by atoms with Gasteiger partial charge in [0.25, 0.3) is 0 Å². The highest BCUT2D eigenvalue weighted by atomic mass is 35.5. The Labute approximate surface area is 109 Å². The van der Waals surface area contributed by atoms with E-state index in [0.29, 0.717) is 0 Å². The van der Waals surface area contributed by atoms with E-state index >= 15 is 0 Å². The zero-order valence-electron chi connectivity index (χ0n) is 8.94. The lowest BCUT2D eigenvalue weighted by molar-refractivity contribution is -0.111. The number of sulfone groups is 1. The molecule has 7 heteroatoms. The molecule has 0 aliphatic carbocycles. The number of benzene rings is 1. The lowest BCUT2D eigenvalue weighted by Gasteiger charge is -2.09. The second kappa shape index (κ2) is 5.71. The molecule has 0 saturated heterocycles. The van der Waals surface area contributed by atoms with E-state index in [1.807, 2.05) is 0 Å². The van der Waals surface area contributed by atoms with E-state index in [-0.39, 0.29) is 27.8 Å². The number of ether oxygens (including phenoxy) is 1. The molecule has 1 aromatic rings. The fraction of sp³-hybridized carbons (Fsp3) is 0.300. The summed E-state index contributed by atoms with van der Waals surface area (Å²) >= 11 is 10.8. The van der Waals surface area contributed by atoms with E-state index in [1.165, 1.54) is 25.3 Å². The molecule has 0 fully saturated rings. The molecule has 0 aliphatic rings. The van der Waals surface area contributed by atoms with Crippen LogP contribution in [-0.2, 0) is 14.6 Å². The van der Waals surface area contributed by atoms with Gasteiger partial charge < -0.3 is 4.74 Å². The number of hydrogen-bond donors (Lipinski definition) is 0. The average molecular weight is 297 g/mol. The zero-order valence-corrected chi connectivity index (χ0v) is 11.3. The number of carbonyl (C=O) groups is 1. The Morgan fingerprint density at radius 1 is 1.41 bits per heavy atom. The fourth-order valence-corrected chi connectivity index (χ4v) is 3.10. The predicted octanol–water partition coefficient (Wildman–Crippen LogP) is 2.28. The van der Waals surface area contributed by atoms with Gasteiger partial charge in [0.2, 0.25) is 5.24 Å². The van der Waals surface area contributed by atoms with Crippen LogP contribution in [0.25, 0.3) is 0 Å². The van der Waals surface area contributed by atoms with Gasteiger partial charge in [-0.2, -0.15) is 0 Å². The number of hydrogen-bond acceptors (Lipinski definition) is 4. The molecule has 0 unspecified atom stereocenters. The van der Waals surface area contributed by atoms with Gasteiger partial charge in [-0.1, -0.05) is 11.6 Å². The molecule has 4 nitrogen and oxygen atoms in total. The Kier molecular flexibility index (Phi) is 4.80. The first-order valence-corrected chi connectivity index (χ1v) is 7.02. The maximum atomic E-state index is 11.9. The second-order valence-electron chi connectivity index (χ2n) is 3.22. The summed E-state index contributed by atoms with van der Waals surface area (Å²) in [5.41, 5.74) is 0. The molecule has 1 aromatic carbocycles. The van der Waals surface area contributed by atoms with Gasteiger partial charge in [-0.25, -0.2) is 8.42 Å². The van der Waals surface area contributed by atoms with Gasteiger partial charge in [0.05, 0.1) is 12.9 Å². The quantitative estimate of drug-likeness (QED) is 0.782. The van der Waals surface area contributed by atoms with Gasteiger partial charge in [-0.3, -0.25) is 4.79 Å². The van der Waals surface area contributed by atoms with Crippen LogP contribution in [0.1, 0.15) is 6.42 Å². The van der Waals surface area contributed by atoms with E-state index in [2.05, 4.69) is 0 Å². The molecule has 0 saturated carbocycles. The van der Waals surface area contributed by atoms with Crippen LogP contribution in [0, 0.1) is 0 Å². The Morgan fingerprint density at radius 3 is 2.59 bits per heavy atom. The molecule has 0 heterocycles. The van der Waals surface area contributed by atoms with E-state index < -0.39 is 15.1 Å². The molecular weight excluding hydrogens is 287 g/mol. The van der Waals surface area contributed by atoms with Crippen molar-refractivity contribution in [2.75, 3.05) is 12.9 Å². The van der Waals surface area contributed by atoms with Crippen LogP contribution in [0.2, 0.25) is 5.02 Å². The van der Waals surface area contributed by atoms with E-state index in [4.69, 9.17) is 27.9 Å². The van der Waals surface area contributed by atoms with Crippen molar-refractivity contribution >= 4 is 38.3 Å². The molecule has 0 amide bonds. The lowest BCUT2D eigenvalue weighted by atomic mass is 10.3. The van der Waals surface area contributed by atoms with E-state index in [1.54, 1.807) is 0 Å². The van der Waals surface area contributed by atoms with Gasteiger partial charge in [0.15, 0.2) is 9.84 Å². The third kappa shape index (κ3) is 3.87. The largest absolute Gasteiger partial charge is 0.495 e. The Hall–Kier alpha value is -0.780. The lowest BCUT2D eigenvalue weighted by Crippen LogP contribution is -2.10. The van der Waals surface area contributed by atoms with Crippen LogP contribution in [0.3, 0.4) is 0 Å². The Balaban J connectivity index is 3.13. The van der Waals surface area contributed by atoms with Crippen LogP contribution < -0.4 is 4.74 Å². The highest BCUT2D eigenvalue weighted by molar-refractivity contribution is 7.91. The molecule has 0 bridgehead atoms. The molecule has 0 spiro atoms. The number of rotatable bonds is 5. The summed E-state index contributed by atoms with van der Waals surface area (Å²) in [6.45, 7) is 0. The number of halogens is 2. The molecule has 94 valence electrons. The third-order valence-electron chi connectivity index (χ3n) is 2.03. The Bertz CT molecular complexity index is 525. The SMILES string of the molecule is COc1ccc(Cl)cc1S(=O)(=O)CCC(=O)Cl. The molecule has 0 atom stereocenters. The summed E-state index contributed by atoms with van der Waals surface area (Å²) in [5, 5.41) is -0.420. The van der Waals surface area contributed by atoms with Crippen LogP contribution in [0.4, 0.5) is 0 Å². The van der Waals surface area contributed by atoms with Crippen molar-refractivity contribution in [1.29, 1.82) is 0 Å². The molecule has 1 rings (SSSR count). The standard InChI is InChI=1S/C10H10Cl2O4S/c1-16-8-3-2-7(11)6-9(8)17(14,15)5-4-10(12)13/h2-3,6H,4-5H2,1H3. The minimum atomic E-state index is -3.64. The van der Waals surface area contributed by atoms with E-state index in [9.17, 15) is 13.2 Å². The van der Waals surface area contributed by atoms with Crippen molar-refractivity contribution < 1.29 is 17.9 Å². The fourth-order valence-electron chi connectivity index (χ4n) is 1.22. The molecule has 0 N–H and O–H groups in total. The minimum Gasteiger partial charge on any atom is -0.495 e. The zero-order chi connectivity index (χ0) is 13.1. The summed E-state index contributed by atoms with van der Waals surface area (Å²) in [7, 11) is -2.28. The van der Waals surface area contributed by atoms with Crippen molar-refractivity contribution in [3.05, 3.63) is 23.2 Å². The van der Waals surface area contributed by atoms with Crippen LogP contribution in [-0.4, -0.2) is 26.5 Å². The molecule has 17 heavy (non-hydrogen) atoms. The summed E-state index contributed by atoms with van der Waals surface area (Å²) in [5.74, 6) is -0.178. The Morgan fingerprint density at radius 2 is 2.06 bits per heavy atom. The topological polar surface area (TPSA) is 60.4 Å². The van der Waals surface area contributed by atoms with Crippen LogP contribution in [0.5, 0.6) is 5.75 Å². The third-order valence-corrected chi connectivity index (χ3v) is 4.18. The molecular formula is C10H10Cl2O4S. The smallest absolute Gasteiger partial charge is 0.222 e. The van der Waals surface area contributed by atoms with Crippen molar-refractivity contribution in [2.45, 2.75) is 11.3 Å². The maximum absolute atomic E-state index is 11.9. The first-order chi connectivity index (χ1) is 7.86. The predicted molar refractivity (Wildman–Crippen MR) is 65.5 cm³/mol. The summed E-state index contributed by atoms with van der Waals surface area (Å²) < 4.78 is 28.8. The van der Waals surface area contributed by atoms with Crippen molar-refractivity contribution in [1.82, 2.24) is 0 Å². The van der Waals surface area contributed by atoms with Crippen molar-refractivity contribution in [3.63, 3.8) is 0 Å². The van der Waals surface area contributed by atoms with Gasteiger partial charge in [0, 0.05) is 11.4 Å². The van der Waals surface area contributed by atoms with Crippen LogP contribution in [0.15, 0.2) is 23.1 Å². The maximum Gasteiger partial charge on any atom is 0.222 e. The normalized spacial score (nSPS) is 11.2. The van der Waals surface area contributed by atoms with Crippen LogP contribution >= 0.6 is 23.2 Å². The summed E-state index contributed by atoms with van der Waals surface area (Å²) in [6, 6.07) is 4.26. The van der Waals surface area contributed by atoms with Crippen molar-refractivity contribution in [3.8, 4) is 5.75 Å².